The van der Waals surface area contributed by atoms with Crippen molar-refractivity contribution < 1.29 is 4.39 Å². The maximum Gasteiger partial charge on any atom is 0.152 e. The van der Waals surface area contributed by atoms with Crippen LogP contribution in [0.15, 0.2) is 55.6 Å². The zero-order valence-electron chi connectivity index (χ0n) is 19.0. The Morgan fingerprint density at radius 1 is 1.13 bits per heavy atom. The van der Waals surface area contributed by atoms with Gasteiger partial charge in [0.05, 0.1) is 6.54 Å². The van der Waals surface area contributed by atoms with Crippen molar-refractivity contribution in [3.8, 4) is 0 Å². The average Bonchev–Trinajstić information content (AvgIpc) is 3.05. The fourth-order valence-electron chi connectivity index (χ4n) is 3.61. The first-order chi connectivity index (χ1) is 14.8. The first kappa shape index (κ1) is 22.5. The number of anilines is 1. The summed E-state index contributed by atoms with van der Waals surface area (Å²) < 4.78 is 16.4. The fourth-order valence-corrected chi connectivity index (χ4v) is 3.61. The van der Waals surface area contributed by atoms with E-state index in [4.69, 9.17) is 5.10 Å². The third kappa shape index (κ3) is 5.72. The molecule has 0 aliphatic rings. The van der Waals surface area contributed by atoms with Crippen LogP contribution in [0.1, 0.15) is 53.8 Å². The smallest absolute Gasteiger partial charge is 0.152 e. The van der Waals surface area contributed by atoms with Gasteiger partial charge in [-0.2, -0.15) is 5.10 Å². The third-order valence-electron chi connectivity index (χ3n) is 5.49. The topological polar surface area (TPSA) is 29.9 Å². The van der Waals surface area contributed by atoms with Gasteiger partial charge in [0.2, 0.25) is 0 Å². The van der Waals surface area contributed by atoms with E-state index >= 15 is 0 Å². The number of hydrogen-bond donors (Lipinski definition) is 1. The summed E-state index contributed by atoms with van der Waals surface area (Å²) in [5.74, 6) is 0.995. The molecule has 3 rings (SSSR count). The van der Waals surface area contributed by atoms with Crippen molar-refractivity contribution in [1.29, 1.82) is 0 Å². The molecule has 0 saturated heterocycles. The van der Waals surface area contributed by atoms with E-state index in [0.29, 0.717) is 29.5 Å². The number of halogens is 1. The molecule has 0 aliphatic carbocycles. The van der Waals surface area contributed by atoms with Crippen molar-refractivity contribution >= 4 is 17.6 Å². The van der Waals surface area contributed by atoms with Crippen LogP contribution in [0.5, 0.6) is 0 Å². The number of hydrogen-bond acceptors (Lipinski definition) is 2. The van der Waals surface area contributed by atoms with Crippen LogP contribution >= 0.6 is 0 Å². The minimum Gasteiger partial charge on any atom is -0.339 e. The lowest BCUT2D eigenvalue weighted by Crippen LogP contribution is -2.08. The standard InChI is InChI=1S/C27H32FN3/c1-7-22-10-13-25(26(28)16-22)21(6)29-27-15-20(5)31(30-27)17-24-14-19(4)9-12-23(24)11-8-18(2)3/h7,9-10,12-16,18H,1,6,8,11,17H2,2-5H3,(H,29,30). The predicted octanol–water partition coefficient (Wildman–Crippen LogP) is 7.00. The maximum atomic E-state index is 14.4. The van der Waals surface area contributed by atoms with Gasteiger partial charge in [0.1, 0.15) is 5.82 Å². The molecule has 0 saturated carbocycles. The van der Waals surface area contributed by atoms with Gasteiger partial charge in [-0.05, 0) is 61.4 Å². The van der Waals surface area contributed by atoms with Gasteiger partial charge in [0.15, 0.2) is 5.82 Å². The summed E-state index contributed by atoms with van der Waals surface area (Å²) in [5, 5.41) is 7.86. The van der Waals surface area contributed by atoms with Crippen molar-refractivity contribution in [2.75, 3.05) is 5.32 Å². The largest absolute Gasteiger partial charge is 0.339 e. The highest BCUT2D eigenvalue weighted by atomic mass is 19.1. The second-order valence-corrected chi connectivity index (χ2v) is 8.58. The van der Waals surface area contributed by atoms with Gasteiger partial charge in [-0.15, -0.1) is 0 Å². The van der Waals surface area contributed by atoms with E-state index in [0.717, 1.165) is 24.1 Å². The zero-order valence-corrected chi connectivity index (χ0v) is 19.0. The molecule has 1 N–H and O–H groups in total. The van der Waals surface area contributed by atoms with Crippen LogP contribution in [0.2, 0.25) is 0 Å². The molecule has 0 fully saturated rings. The Labute approximate surface area is 185 Å². The number of nitrogens with zero attached hydrogens (tertiary/aromatic N) is 2. The molecule has 0 aliphatic heterocycles. The number of benzene rings is 2. The molecule has 0 atom stereocenters. The fraction of sp³-hybridized carbons (Fsp3) is 0.296. The number of aryl methyl sites for hydroxylation is 3. The quantitative estimate of drug-likeness (QED) is 0.406. The lowest BCUT2D eigenvalue weighted by atomic mass is 9.97. The van der Waals surface area contributed by atoms with E-state index in [1.54, 1.807) is 12.1 Å². The molecule has 162 valence electrons. The van der Waals surface area contributed by atoms with Gasteiger partial charge in [-0.3, -0.25) is 4.68 Å². The Morgan fingerprint density at radius 2 is 1.90 bits per heavy atom. The van der Waals surface area contributed by atoms with Gasteiger partial charge in [-0.1, -0.05) is 62.9 Å². The molecule has 0 bridgehead atoms. The number of aromatic nitrogens is 2. The van der Waals surface area contributed by atoms with Crippen LogP contribution in [0.3, 0.4) is 0 Å². The molecule has 0 spiro atoms. The van der Waals surface area contributed by atoms with E-state index in [9.17, 15) is 4.39 Å². The van der Waals surface area contributed by atoms with Gasteiger partial charge < -0.3 is 5.32 Å². The van der Waals surface area contributed by atoms with Crippen molar-refractivity contribution in [3.05, 3.63) is 95.0 Å². The first-order valence-electron chi connectivity index (χ1n) is 10.8. The van der Waals surface area contributed by atoms with Crippen LogP contribution < -0.4 is 5.32 Å². The lowest BCUT2D eigenvalue weighted by molar-refractivity contribution is 0.581. The van der Waals surface area contributed by atoms with Crippen molar-refractivity contribution in [2.24, 2.45) is 5.92 Å². The Balaban J connectivity index is 1.78. The monoisotopic (exact) mass is 417 g/mol. The van der Waals surface area contributed by atoms with E-state index in [2.05, 4.69) is 57.4 Å². The van der Waals surface area contributed by atoms with Gasteiger partial charge in [0, 0.05) is 23.0 Å². The molecule has 2 aromatic carbocycles. The molecule has 3 nitrogen and oxygen atoms in total. The van der Waals surface area contributed by atoms with Gasteiger partial charge in [-0.25, -0.2) is 4.39 Å². The molecule has 0 radical (unpaired) electrons. The summed E-state index contributed by atoms with van der Waals surface area (Å²) in [7, 11) is 0. The van der Waals surface area contributed by atoms with Gasteiger partial charge in [0.25, 0.3) is 0 Å². The minimum absolute atomic E-state index is 0.333. The summed E-state index contributed by atoms with van der Waals surface area (Å²) in [6.07, 6.45) is 3.85. The van der Waals surface area contributed by atoms with Crippen LogP contribution in [-0.2, 0) is 13.0 Å². The molecule has 0 amide bonds. The summed E-state index contributed by atoms with van der Waals surface area (Å²) in [6, 6.07) is 13.6. The second kappa shape index (κ2) is 9.78. The highest BCUT2D eigenvalue weighted by Crippen LogP contribution is 2.23. The average molecular weight is 418 g/mol. The highest BCUT2D eigenvalue weighted by Gasteiger charge is 2.12. The SMILES string of the molecule is C=Cc1ccc(C(=C)Nc2cc(C)n(Cc3cc(C)ccc3CCC(C)C)n2)c(F)c1. The van der Waals surface area contributed by atoms with Crippen molar-refractivity contribution in [3.63, 3.8) is 0 Å². The van der Waals surface area contributed by atoms with Crippen LogP contribution in [0.4, 0.5) is 10.2 Å². The lowest BCUT2D eigenvalue weighted by Gasteiger charge is -2.13. The Hall–Kier alpha value is -3.14. The highest BCUT2D eigenvalue weighted by molar-refractivity contribution is 5.74. The Bertz CT molecular complexity index is 1090. The molecular weight excluding hydrogens is 385 g/mol. The predicted molar refractivity (Wildman–Crippen MR) is 130 cm³/mol. The number of nitrogens with one attached hydrogen (secondary N) is 1. The molecule has 3 aromatic rings. The Morgan fingerprint density at radius 3 is 2.58 bits per heavy atom. The summed E-state index contributed by atoms with van der Waals surface area (Å²) >= 11 is 0. The van der Waals surface area contributed by atoms with Crippen molar-refractivity contribution in [1.82, 2.24) is 9.78 Å². The molecule has 31 heavy (non-hydrogen) atoms. The van der Waals surface area contributed by atoms with Crippen LogP contribution in [-0.4, -0.2) is 9.78 Å². The normalized spacial score (nSPS) is 11.0. The summed E-state index contributed by atoms with van der Waals surface area (Å²) in [5.41, 5.74) is 6.59. The van der Waals surface area contributed by atoms with Gasteiger partial charge >= 0.3 is 0 Å². The Kier molecular flexibility index (Phi) is 7.11. The molecule has 4 heteroatoms. The number of rotatable bonds is 9. The molecule has 1 heterocycles. The summed E-state index contributed by atoms with van der Waals surface area (Å²) in [4.78, 5) is 0. The second-order valence-electron chi connectivity index (χ2n) is 8.58. The third-order valence-corrected chi connectivity index (χ3v) is 5.49. The van der Waals surface area contributed by atoms with E-state index in [-0.39, 0.29) is 5.82 Å². The molecule has 1 aromatic heterocycles. The zero-order chi connectivity index (χ0) is 22.5. The van der Waals surface area contributed by atoms with Crippen LogP contribution in [0.25, 0.3) is 11.8 Å². The van der Waals surface area contributed by atoms with Crippen LogP contribution in [0, 0.1) is 25.6 Å². The van der Waals surface area contributed by atoms with Crippen molar-refractivity contribution in [2.45, 2.75) is 47.1 Å². The molecular formula is C27H32FN3. The first-order valence-corrected chi connectivity index (χ1v) is 10.8. The molecule has 0 unspecified atom stereocenters. The summed E-state index contributed by atoms with van der Waals surface area (Å²) in [6.45, 7) is 17.0. The minimum atomic E-state index is -0.333. The maximum absolute atomic E-state index is 14.4. The van der Waals surface area contributed by atoms with E-state index in [1.165, 1.54) is 22.8 Å². The van der Waals surface area contributed by atoms with E-state index in [1.807, 2.05) is 23.7 Å². The van der Waals surface area contributed by atoms with E-state index < -0.39 is 0 Å².